The van der Waals surface area contributed by atoms with Crippen LogP contribution in [-0.2, 0) is 0 Å². The maximum atomic E-state index is 12.8. The van der Waals surface area contributed by atoms with Crippen molar-refractivity contribution >= 4 is 29.0 Å². The lowest BCUT2D eigenvalue weighted by Gasteiger charge is -2.41. The first-order chi connectivity index (χ1) is 18.6. The summed E-state index contributed by atoms with van der Waals surface area (Å²) in [5.41, 5.74) is 10.5. The zero-order valence-electron chi connectivity index (χ0n) is 21.1. The van der Waals surface area contributed by atoms with Crippen LogP contribution in [-0.4, -0.2) is 43.0 Å². The molecule has 7 heteroatoms. The first-order valence-corrected chi connectivity index (χ1v) is 12.7. The molecule has 1 saturated heterocycles. The van der Waals surface area contributed by atoms with Crippen LogP contribution in [0.5, 0.6) is 0 Å². The number of piperazine rings is 1. The normalized spacial score (nSPS) is 13.8. The predicted octanol–water partition coefficient (Wildman–Crippen LogP) is 5.34. The van der Waals surface area contributed by atoms with E-state index in [-0.39, 0.29) is 12.1 Å². The number of benzene rings is 4. The van der Waals surface area contributed by atoms with Crippen molar-refractivity contribution in [2.45, 2.75) is 6.04 Å². The number of nitrogens with two attached hydrogens (primary N) is 1. The Morgan fingerprint density at radius 1 is 0.684 bits per heavy atom. The summed E-state index contributed by atoms with van der Waals surface area (Å²) >= 11 is 0. The number of primary amides is 1. The van der Waals surface area contributed by atoms with Crippen LogP contribution >= 0.6 is 0 Å². The molecule has 0 saturated carbocycles. The molecule has 0 spiro atoms. The Bertz CT molecular complexity index is 1330. The van der Waals surface area contributed by atoms with Crippen molar-refractivity contribution in [1.82, 2.24) is 4.90 Å². The van der Waals surface area contributed by atoms with Crippen LogP contribution in [0.25, 0.3) is 0 Å². The van der Waals surface area contributed by atoms with E-state index in [4.69, 9.17) is 5.73 Å². The highest BCUT2D eigenvalue weighted by atomic mass is 16.2. The van der Waals surface area contributed by atoms with Crippen molar-refractivity contribution in [2.24, 2.45) is 5.73 Å². The number of hydrogen-bond acceptors (Lipinski definition) is 4. The van der Waals surface area contributed by atoms with Crippen LogP contribution < -0.4 is 21.3 Å². The molecule has 0 radical (unpaired) electrons. The quantitative estimate of drug-likeness (QED) is 0.316. The number of urea groups is 1. The molecule has 0 unspecified atom stereocenters. The van der Waals surface area contributed by atoms with Crippen LogP contribution in [0.2, 0.25) is 0 Å². The van der Waals surface area contributed by atoms with Gasteiger partial charge in [0, 0.05) is 37.4 Å². The molecule has 1 aliphatic heterocycles. The van der Waals surface area contributed by atoms with E-state index in [0.717, 1.165) is 31.9 Å². The van der Waals surface area contributed by atoms with Gasteiger partial charge in [-0.25, -0.2) is 4.79 Å². The fourth-order valence-corrected chi connectivity index (χ4v) is 4.98. The number of carbonyl (C=O) groups excluding carboxylic acids is 2. The summed E-state index contributed by atoms with van der Waals surface area (Å²) in [7, 11) is 0. The standard InChI is InChI=1S/C31H31N5O2/c32-30(37)25-16-17-28(27(22-25)34-31(38)33-26-14-8-3-9-15-26)35-18-20-36(21-19-35)29(23-10-4-1-5-11-23)24-12-6-2-7-13-24/h1-17,22,29H,18-21H2,(H2,32,37)(H2,33,34,38). The van der Waals surface area contributed by atoms with Crippen molar-refractivity contribution in [3.8, 4) is 0 Å². The largest absolute Gasteiger partial charge is 0.367 e. The molecule has 0 aliphatic carbocycles. The van der Waals surface area contributed by atoms with Crippen molar-refractivity contribution in [3.63, 3.8) is 0 Å². The van der Waals surface area contributed by atoms with E-state index >= 15 is 0 Å². The molecule has 38 heavy (non-hydrogen) atoms. The lowest BCUT2D eigenvalue weighted by atomic mass is 9.96. The van der Waals surface area contributed by atoms with Gasteiger partial charge >= 0.3 is 6.03 Å². The first-order valence-electron chi connectivity index (χ1n) is 12.7. The molecule has 192 valence electrons. The minimum atomic E-state index is -0.540. The van der Waals surface area contributed by atoms with Crippen LogP contribution in [0.4, 0.5) is 21.9 Å². The second kappa shape index (κ2) is 11.6. The van der Waals surface area contributed by atoms with Gasteiger partial charge in [-0.05, 0) is 41.5 Å². The number of hydrogen-bond donors (Lipinski definition) is 3. The number of para-hydroxylation sites is 1. The zero-order valence-corrected chi connectivity index (χ0v) is 21.1. The average Bonchev–Trinajstić information content (AvgIpc) is 2.95. The molecule has 4 aromatic rings. The molecule has 3 amide bonds. The zero-order chi connectivity index (χ0) is 26.3. The molecule has 1 aliphatic rings. The molecule has 0 bridgehead atoms. The molecule has 0 atom stereocenters. The van der Waals surface area contributed by atoms with Crippen molar-refractivity contribution in [2.75, 3.05) is 41.7 Å². The van der Waals surface area contributed by atoms with Gasteiger partial charge in [-0.15, -0.1) is 0 Å². The smallest absolute Gasteiger partial charge is 0.323 e. The number of nitrogens with one attached hydrogen (secondary N) is 2. The minimum absolute atomic E-state index is 0.158. The maximum absolute atomic E-state index is 12.8. The molecule has 1 heterocycles. The Balaban J connectivity index is 1.35. The Hall–Kier alpha value is -4.62. The maximum Gasteiger partial charge on any atom is 0.323 e. The summed E-state index contributed by atoms with van der Waals surface area (Å²) in [4.78, 5) is 29.4. The van der Waals surface area contributed by atoms with Crippen LogP contribution in [0.15, 0.2) is 109 Å². The number of amides is 3. The van der Waals surface area contributed by atoms with Crippen molar-refractivity contribution < 1.29 is 9.59 Å². The van der Waals surface area contributed by atoms with Gasteiger partial charge in [-0.2, -0.15) is 0 Å². The monoisotopic (exact) mass is 505 g/mol. The fourth-order valence-electron chi connectivity index (χ4n) is 4.98. The Morgan fingerprint density at radius 3 is 1.79 bits per heavy atom. The van der Waals surface area contributed by atoms with Crippen molar-refractivity contribution in [1.29, 1.82) is 0 Å². The lowest BCUT2D eigenvalue weighted by molar-refractivity contribution is 0.100. The summed E-state index contributed by atoms with van der Waals surface area (Å²) in [5, 5.41) is 5.76. The summed E-state index contributed by atoms with van der Waals surface area (Å²) in [6, 6.07) is 35.4. The Kier molecular flexibility index (Phi) is 7.66. The molecular weight excluding hydrogens is 474 g/mol. The van der Waals surface area contributed by atoms with Crippen LogP contribution in [0.3, 0.4) is 0 Å². The Labute approximate surface area is 222 Å². The highest BCUT2D eigenvalue weighted by molar-refractivity contribution is 6.03. The van der Waals surface area contributed by atoms with Gasteiger partial charge in [0.15, 0.2) is 0 Å². The summed E-state index contributed by atoms with van der Waals surface area (Å²) in [6.07, 6.45) is 0. The second-order valence-electron chi connectivity index (χ2n) is 9.29. The van der Waals surface area contributed by atoms with E-state index in [1.54, 1.807) is 12.1 Å². The van der Waals surface area contributed by atoms with Crippen LogP contribution in [0.1, 0.15) is 27.5 Å². The molecule has 4 N–H and O–H groups in total. The number of nitrogens with zero attached hydrogens (tertiary/aromatic N) is 2. The topological polar surface area (TPSA) is 90.7 Å². The number of anilines is 3. The molecule has 4 aromatic carbocycles. The summed E-state index contributed by atoms with van der Waals surface area (Å²) < 4.78 is 0. The lowest BCUT2D eigenvalue weighted by Crippen LogP contribution is -2.48. The third-order valence-electron chi connectivity index (χ3n) is 6.81. The highest BCUT2D eigenvalue weighted by Crippen LogP contribution is 2.33. The SMILES string of the molecule is NC(=O)c1ccc(N2CCN(C(c3ccccc3)c3ccccc3)CC2)c(NC(=O)Nc2ccccc2)c1. The predicted molar refractivity (Wildman–Crippen MR) is 153 cm³/mol. The fraction of sp³-hybridized carbons (Fsp3) is 0.161. The number of carbonyl (C=O) groups is 2. The summed E-state index contributed by atoms with van der Waals surface area (Å²) in [5.74, 6) is -0.540. The van der Waals surface area contributed by atoms with E-state index in [2.05, 4.69) is 69.0 Å². The van der Waals surface area contributed by atoms with E-state index < -0.39 is 5.91 Å². The minimum Gasteiger partial charge on any atom is -0.367 e. The average molecular weight is 506 g/mol. The van der Waals surface area contributed by atoms with Gasteiger partial charge in [-0.1, -0.05) is 78.9 Å². The Morgan fingerprint density at radius 2 is 1.24 bits per heavy atom. The van der Waals surface area contributed by atoms with Crippen molar-refractivity contribution in [3.05, 3.63) is 126 Å². The van der Waals surface area contributed by atoms with Gasteiger partial charge in [0.2, 0.25) is 5.91 Å². The van der Waals surface area contributed by atoms with Gasteiger partial charge in [0.25, 0.3) is 0 Å². The van der Waals surface area contributed by atoms with Crippen LogP contribution in [0, 0.1) is 0 Å². The van der Waals surface area contributed by atoms with Gasteiger partial charge in [-0.3, -0.25) is 9.69 Å². The van der Waals surface area contributed by atoms with E-state index in [0.29, 0.717) is 16.9 Å². The molecular formula is C31H31N5O2. The first kappa shape index (κ1) is 25.0. The third kappa shape index (κ3) is 5.85. The van der Waals surface area contributed by atoms with E-state index in [1.807, 2.05) is 48.5 Å². The molecule has 1 fully saturated rings. The van der Waals surface area contributed by atoms with E-state index in [9.17, 15) is 9.59 Å². The summed E-state index contributed by atoms with van der Waals surface area (Å²) in [6.45, 7) is 3.20. The number of rotatable bonds is 7. The molecule has 5 rings (SSSR count). The molecule has 7 nitrogen and oxygen atoms in total. The second-order valence-corrected chi connectivity index (χ2v) is 9.29. The van der Waals surface area contributed by atoms with E-state index in [1.165, 1.54) is 11.1 Å². The molecule has 0 aromatic heterocycles. The van der Waals surface area contributed by atoms with Gasteiger partial charge in [0.1, 0.15) is 0 Å². The van der Waals surface area contributed by atoms with Gasteiger partial charge in [0.05, 0.1) is 17.4 Å². The van der Waals surface area contributed by atoms with Gasteiger partial charge < -0.3 is 21.3 Å². The highest BCUT2D eigenvalue weighted by Gasteiger charge is 2.27. The third-order valence-corrected chi connectivity index (χ3v) is 6.81.